The molecule has 0 saturated heterocycles. The highest BCUT2D eigenvalue weighted by Gasteiger charge is 2.17. The number of benzene rings is 2. The minimum atomic E-state index is -0.127. The number of hydrogen-bond donors (Lipinski definition) is 1. The quantitative estimate of drug-likeness (QED) is 0.664. The Kier molecular flexibility index (Phi) is 5.72. The van der Waals surface area contributed by atoms with E-state index in [0.717, 1.165) is 22.5 Å². The fraction of sp³-hybridized carbons (Fsp3) is 0.190. The van der Waals surface area contributed by atoms with E-state index in [1.54, 1.807) is 23.4 Å². The summed E-state index contributed by atoms with van der Waals surface area (Å²) in [4.78, 5) is 23.1. The van der Waals surface area contributed by atoms with Gasteiger partial charge in [-0.2, -0.15) is 0 Å². The molecule has 1 aromatic heterocycles. The summed E-state index contributed by atoms with van der Waals surface area (Å²) < 4.78 is 0. The number of aromatic nitrogens is 2. The van der Waals surface area contributed by atoms with Gasteiger partial charge >= 0.3 is 0 Å². The molecule has 2 aromatic carbocycles. The molecule has 0 aliphatic carbocycles. The summed E-state index contributed by atoms with van der Waals surface area (Å²) in [7, 11) is 0. The van der Waals surface area contributed by atoms with Gasteiger partial charge in [0.15, 0.2) is 0 Å². The molecule has 0 fully saturated rings. The van der Waals surface area contributed by atoms with E-state index in [-0.39, 0.29) is 5.91 Å². The summed E-state index contributed by atoms with van der Waals surface area (Å²) in [6.45, 7) is 6.46. The van der Waals surface area contributed by atoms with Crippen LogP contribution in [-0.2, 0) is 0 Å². The van der Waals surface area contributed by atoms with Gasteiger partial charge in [-0.15, -0.1) is 0 Å². The van der Waals surface area contributed by atoms with E-state index in [2.05, 4.69) is 15.3 Å². The predicted octanol–water partition coefficient (Wildman–Crippen LogP) is 5.16. The van der Waals surface area contributed by atoms with Crippen LogP contribution in [0.5, 0.6) is 0 Å². The smallest absolute Gasteiger partial charge is 0.261 e. The summed E-state index contributed by atoms with van der Waals surface area (Å²) in [5, 5.41) is 3.82. The lowest BCUT2D eigenvalue weighted by Gasteiger charge is -2.21. The first-order valence-corrected chi connectivity index (χ1v) is 9.09. The zero-order valence-electron chi connectivity index (χ0n) is 15.5. The largest absolute Gasteiger partial charge is 0.324 e. The normalized spacial score (nSPS) is 10.5. The average molecular weight is 381 g/mol. The zero-order valence-corrected chi connectivity index (χ0v) is 16.3. The lowest BCUT2D eigenvalue weighted by atomic mass is 10.2. The number of amides is 1. The maximum atomic E-state index is 12.9. The number of halogens is 1. The number of nitrogens with zero attached hydrogens (tertiary/aromatic N) is 3. The van der Waals surface area contributed by atoms with Crippen molar-refractivity contribution in [2.45, 2.75) is 20.8 Å². The lowest BCUT2D eigenvalue weighted by molar-refractivity contribution is 0.0987. The molecule has 0 saturated carbocycles. The molecule has 0 spiro atoms. The van der Waals surface area contributed by atoms with Gasteiger partial charge in [0.05, 0.1) is 5.56 Å². The highest BCUT2D eigenvalue weighted by molar-refractivity contribution is 6.30. The van der Waals surface area contributed by atoms with Gasteiger partial charge in [-0.25, -0.2) is 9.97 Å². The molecule has 3 aromatic rings. The molecule has 27 heavy (non-hydrogen) atoms. The van der Waals surface area contributed by atoms with E-state index in [1.165, 1.54) is 0 Å². The van der Waals surface area contributed by atoms with Gasteiger partial charge in [0, 0.05) is 35.3 Å². The molecule has 0 unspecified atom stereocenters. The Hall–Kier alpha value is -2.92. The number of carbonyl (C=O) groups is 1. The Morgan fingerprint density at radius 2 is 1.85 bits per heavy atom. The molecule has 3 rings (SSSR count). The van der Waals surface area contributed by atoms with Crippen LogP contribution in [0.2, 0.25) is 5.02 Å². The SMILES string of the molecule is CCN(C(=O)c1cnc(Nc2ccc(Cl)cc2C)nc1)c1cccc(C)c1. The monoisotopic (exact) mass is 380 g/mol. The van der Waals surface area contributed by atoms with Crippen LogP contribution in [0.25, 0.3) is 0 Å². The molecular formula is C21H21ClN4O. The van der Waals surface area contributed by atoms with E-state index >= 15 is 0 Å². The first kappa shape index (κ1) is 18.9. The number of anilines is 3. The van der Waals surface area contributed by atoms with Gasteiger partial charge in [-0.3, -0.25) is 4.79 Å². The number of aryl methyl sites for hydroxylation is 2. The summed E-state index contributed by atoms with van der Waals surface area (Å²) in [6.07, 6.45) is 3.09. The van der Waals surface area contributed by atoms with Crippen molar-refractivity contribution in [1.82, 2.24) is 9.97 Å². The second-order valence-corrected chi connectivity index (χ2v) is 6.70. The maximum absolute atomic E-state index is 12.9. The lowest BCUT2D eigenvalue weighted by Crippen LogP contribution is -2.30. The van der Waals surface area contributed by atoms with E-state index in [4.69, 9.17) is 11.6 Å². The number of rotatable bonds is 5. The standard InChI is InChI=1S/C21H21ClN4O/c1-4-26(18-7-5-6-14(2)10-18)20(27)16-12-23-21(24-13-16)25-19-9-8-17(22)11-15(19)3/h5-13H,4H2,1-3H3,(H,23,24,25). The Balaban J connectivity index is 1.78. The van der Waals surface area contributed by atoms with Crippen LogP contribution in [0.1, 0.15) is 28.4 Å². The van der Waals surface area contributed by atoms with Crippen LogP contribution in [0.4, 0.5) is 17.3 Å². The minimum absolute atomic E-state index is 0.127. The van der Waals surface area contributed by atoms with Gasteiger partial charge in [0.2, 0.25) is 5.95 Å². The molecule has 138 valence electrons. The second-order valence-electron chi connectivity index (χ2n) is 6.27. The Morgan fingerprint density at radius 3 is 2.48 bits per heavy atom. The Labute approximate surface area is 164 Å². The predicted molar refractivity (Wildman–Crippen MR) is 110 cm³/mol. The molecule has 1 heterocycles. The maximum Gasteiger partial charge on any atom is 0.261 e. The van der Waals surface area contributed by atoms with Crippen molar-refractivity contribution in [3.8, 4) is 0 Å². The summed E-state index contributed by atoms with van der Waals surface area (Å²) in [5.74, 6) is 0.299. The van der Waals surface area contributed by atoms with Crippen LogP contribution >= 0.6 is 11.6 Å². The van der Waals surface area contributed by atoms with Crippen LogP contribution < -0.4 is 10.2 Å². The van der Waals surface area contributed by atoms with Crippen LogP contribution in [0.3, 0.4) is 0 Å². The van der Waals surface area contributed by atoms with E-state index in [1.807, 2.05) is 57.2 Å². The molecule has 1 N–H and O–H groups in total. The fourth-order valence-electron chi connectivity index (χ4n) is 2.79. The molecular weight excluding hydrogens is 360 g/mol. The van der Waals surface area contributed by atoms with Crippen LogP contribution in [0.15, 0.2) is 54.9 Å². The molecule has 6 heteroatoms. The third kappa shape index (κ3) is 4.44. The van der Waals surface area contributed by atoms with Crippen molar-refractivity contribution in [1.29, 1.82) is 0 Å². The zero-order chi connectivity index (χ0) is 19.4. The van der Waals surface area contributed by atoms with Crippen molar-refractivity contribution in [3.05, 3.63) is 76.6 Å². The summed E-state index contributed by atoms with van der Waals surface area (Å²) in [6, 6.07) is 13.4. The van der Waals surface area contributed by atoms with Crippen molar-refractivity contribution in [3.63, 3.8) is 0 Å². The third-order valence-electron chi connectivity index (χ3n) is 4.21. The molecule has 1 amide bonds. The van der Waals surface area contributed by atoms with Gasteiger partial charge in [-0.05, 0) is 62.2 Å². The highest BCUT2D eigenvalue weighted by Crippen LogP contribution is 2.22. The van der Waals surface area contributed by atoms with Crippen molar-refractivity contribution in [2.75, 3.05) is 16.8 Å². The van der Waals surface area contributed by atoms with Gasteiger partial charge in [0.25, 0.3) is 5.91 Å². The Morgan fingerprint density at radius 1 is 1.11 bits per heavy atom. The van der Waals surface area contributed by atoms with E-state index in [9.17, 15) is 4.79 Å². The molecule has 0 atom stereocenters. The number of hydrogen-bond acceptors (Lipinski definition) is 4. The van der Waals surface area contributed by atoms with Crippen LogP contribution in [-0.4, -0.2) is 22.4 Å². The highest BCUT2D eigenvalue weighted by atomic mass is 35.5. The van der Waals surface area contributed by atoms with Crippen molar-refractivity contribution >= 4 is 34.8 Å². The summed E-state index contributed by atoms with van der Waals surface area (Å²) in [5.41, 5.74) is 4.27. The van der Waals surface area contributed by atoms with E-state index in [0.29, 0.717) is 23.1 Å². The van der Waals surface area contributed by atoms with Gasteiger partial charge < -0.3 is 10.2 Å². The van der Waals surface area contributed by atoms with E-state index < -0.39 is 0 Å². The molecule has 0 aliphatic rings. The van der Waals surface area contributed by atoms with Gasteiger partial charge in [-0.1, -0.05) is 23.7 Å². The van der Waals surface area contributed by atoms with Crippen molar-refractivity contribution < 1.29 is 4.79 Å². The first-order chi connectivity index (χ1) is 13.0. The average Bonchev–Trinajstić information content (AvgIpc) is 2.65. The number of nitrogens with one attached hydrogen (secondary N) is 1. The molecule has 0 radical (unpaired) electrons. The third-order valence-corrected chi connectivity index (χ3v) is 4.44. The fourth-order valence-corrected chi connectivity index (χ4v) is 3.01. The van der Waals surface area contributed by atoms with Gasteiger partial charge in [0.1, 0.15) is 0 Å². The molecule has 0 aliphatic heterocycles. The molecule has 5 nitrogen and oxygen atoms in total. The summed E-state index contributed by atoms with van der Waals surface area (Å²) >= 11 is 5.98. The second kappa shape index (κ2) is 8.18. The van der Waals surface area contributed by atoms with Crippen molar-refractivity contribution in [2.24, 2.45) is 0 Å². The first-order valence-electron chi connectivity index (χ1n) is 8.71. The number of carbonyl (C=O) groups excluding carboxylic acids is 1. The Bertz CT molecular complexity index is 957. The van der Waals surface area contributed by atoms with Crippen LogP contribution in [0, 0.1) is 13.8 Å². The molecule has 0 bridgehead atoms. The minimum Gasteiger partial charge on any atom is -0.324 e. The topological polar surface area (TPSA) is 58.1 Å².